The second-order valence-electron chi connectivity index (χ2n) is 6.67. The summed E-state index contributed by atoms with van der Waals surface area (Å²) in [5, 5.41) is 2.86. The molecule has 2 aromatic rings. The van der Waals surface area contributed by atoms with Crippen LogP contribution in [0, 0.1) is 0 Å². The number of aromatic nitrogens is 1. The number of hydrogen-bond acceptors (Lipinski definition) is 6. The highest BCUT2D eigenvalue weighted by Gasteiger charge is 2.16. The maximum atomic E-state index is 12.6. The number of rotatable bonds is 6. The van der Waals surface area contributed by atoms with E-state index in [1.807, 2.05) is 6.07 Å². The van der Waals surface area contributed by atoms with Crippen LogP contribution in [-0.4, -0.2) is 45.3 Å². The third kappa shape index (κ3) is 4.47. The second kappa shape index (κ2) is 9.30. The van der Waals surface area contributed by atoms with Gasteiger partial charge in [0.1, 0.15) is 5.82 Å². The number of amides is 1. The van der Waals surface area contributed by atoms with Crippen LogP contribution in [0.2, 0.25) is 0 Å². The van der Waals surface area contributed by atoms with Crippen LogP contribution < -0.4 is 24.4 Å². The Morgan fingerprint density at radius 3 is 2.11 bits per heavy atom. The lowest BCUT2D eigenvalue weighted by Crippen LogP contribution is -2.25. The summed E-state index contributed by atoms with van der Waals surface area (Å²) in [6, 6.07) is 7.10. The number of nitrogens with one attached hydrogen (secondary N) is 1. The molecule has 0 spiro atoms. The number of carbonyl (C=O) groups is 1. The standard InChI is InChI=1S/C21H27N3O4/c1-26-17-12-16(13-18(27-2)20(17)28-3)23-21(25)15-8-9-19(22-14-15)24-10-6-4-5-7-11-24/h8-9,12-14H,4-7,10-11H2,1-3H3,(H,23,25). The molecule has 0 atom stereocenters. The molecular formula is C21H27N3O4. The molecule has 1 fully saturated rings. The van der Waals surface area contributed by atoms with E-state index in [1.165, 1.54) is 47.0 Å². The van der Waals surface area contributed by atoms with Gasteiger partial charge in [-0.1, -0.05) is 12.8 Å². The molecule has 1 aliphatic heterocycles. The third-order valence-electron chi connectivity index (χ3n) is 4.86. The van der Waals surface area contributed by atoms with Crippen molar-refractivity contribution in [1.29, 1.82) is 0 Å². The summed E-state index contributed by atoms with van der Waals surface area (Å²) < 4.78 is 16.0. The monoisotopic (exact) mass is 385 g/mol. The second-order valence-corrected chi connectivity index (χ2v) is 6.67. The molecule has 1 N–H and O–H groups in total. The first-order chi connectivity index (χ1) is 13.7. The van der Waals surface area contributed by atoms with Crippen LogP contribution in [0.3, 0.4) is 0 Å². The Morgan fingerprint density at radius 2 is 1.61 bits per heavy atom. The average Bonchev–Trinajstić information content (AvgIpc) is 3.02. The van der Waals surface area contributed by atoms with E-state index in [0.717, 1.165) is 18.9 Å². The Bertz CT molecular complexity index is 775. The number of hydrogen-bond donors (Lipinski definition) is 1. The van der Waals surface area contributed by atoms with Crippen LogP contribution in [0.4, 0.5) is 11.5 Å². The Balaban J connectivity index is 1.74. The van der Waals surface area contributed by atoms with Crippen molar-refractivity contribution < 1.29 is 19.0 Å². The Hall–Kier alpha value is -2.96. The third-order valence-corrected chi connectivity index (χ3v) is 4.86. The van der Waals surface area contributed by atoms with Gasteiger partial charge in [-0.2, -0.15) is 0 Å². The van der Waals surface area contributed by atoms with Crippen LogP contribution in [0.1, 0.15) is 36.0 Å². The largest absolute Gasteiger partial charge is 0.493 e. The molecule has 1 saturated heterocycles. The molecule has 1 aromatic carbocycles. The molecule has 0 bridgehead atoms. The van der Waals surface area contributed by atoms with Gasteiger partial charge in [-0.05, 0) is 25.0 Å². The van der Waals surface area contributed by atoms with Crippen LogP contribution in [-0.2, 0) is 0 Å². The lowest BCUT2D eigenvalue weighted by atomic mass is 10.2. The molecule has 2 heterocycles. The summed E-state index contributed by atoms with van der Waals surface area (Å²) in [7, 11) is 4.61. The van der Waals surface area contributed by atoms with Gasteiger partial charge in [0.05, 0.1) is 26.9 Å². The zero-order chi connectivity index (χ0) is 19.9. The fourth-order valence-electron chi connectivity index (χ4n) is 3.36. The van der Waals surface area contributed by atoms with E-state index < -0.39 is 0 Å². The highest BCUT2D eigenvalue weighted by molar-refractivity contribution is 6.04. The predicted molar refractivity (Wildman–Crippen MR) is 109 cm³/mol. The molecule has 0 aliphatic carbocycles. The first-order valence-electron chi connectivity index (χ1n) is 9.48. The molecule has 0 unspecified atom stereocenters. The first-order valence-corrected chi connectivity index (χ1v) is 9.48. The van der Waals surface area contributed by atoms with Crippen molar-refractivity contribution in [1.82, 2.24) is 4.98 Å². The number of benzene rings is 1. The molecule has 3 rings (SSSR count). The molecule has 28 heavy (non-hydrogen) atoms. The molecule has 1 aliphatic rings. The summed E-state index contributed by atoms with van der Waals surface area (Å²) in [6.07, 6.45) is 6.53. The van der Waals surface area contributed by atoms with Crippen molar-refractivity contribution in [3.63, 3.8) is 0 Å². The Morgan fingerprint density at radius 1 is 0.964 bits per heavy atom. The van der Waals surface area contributed by atoms with E-state index in [9.17, 15) is 4.79 Å². The average molecular weight is 385 g/mol. The van der Waals surface area contributed by atoms with Gasteiger partial charge in [0.25, 0.3) is 5.91 Å². The Labute approximate surface area is 165 Å². The predicted octanol–water partition coefficient (Wildman–Crippen LogP) is 3.74. The van der Waals surface area contributed by atoms with Crippen molar-refractivity contribution in [3.05, 3.63) is 36.0 Å². The SMILES string of the molecule is COc1cc(NC(=O)c2ccc(N3CCCCCC3)nc2)cc(OC)c1OC. The van der Waals surface area contributed by atoms with Crippen molar-refractivity contribution in [2.75, 3.05) is 44.6 Å². The summed E-state index contributed by atoms with van der Waals surface area (Å²) in [6.45, 7) is 2.04. The molecule has 0 saturated carbocycles. The van der Waals surface area contributed by atoms with E-state index in [4.69, 9.17) is 14.2 Å². The van der Waals surface area contributed by atoms with Crippen molar-refractivity contribution in [3.8, 4) is 17.2 Å². The van der Waals surface area contributed by atoms with Gasteiger partial charge < -0.3 is 24.4 Å². The number of carbonyl (C=O) groups excluding carboxylic acids is 1. The molecule has 1 aromatic heterocycles. The van der Waals surface area contributed by atoms with E-state index in [-0.39, 0.29) is 5.91 Å². The van der Waals surface area contributed by atoms with Crippen LogP contribution in [0.15, 0.2) is 30.5 Å². The zero-order valence-electron chi connectivity index (χ0n) is 16.7. The maximum absolute atomic E-state index is 12.6. The van der Waals surface area contributed by atoms with Gasteiger partial charge >= 0.3 is 0 Å². The smallest absolute Gasteiger partial charge is 0.257 e. The summed E-state index contributed by atoms with van der Waals surface area (Å²) in [5.74, 6) is 2.11. The van der Waals surface area contributed by atoms with E-state index in [0.29, 0.717) is 28.5 Å². The van der Waals surface area contributed by atoms with Crippen LogP contribution in [0.5, 0.6) is 17.2 Å². The molecule has 0 radical (unpaired) electrons. The van der Waals surface area contributed by atoms with E-state index >= 15 is 0 Å². The van der Waals surface area contributed by atoms with Crippen molar-refractivity contribution in [2.24, 2.45) is 0 Å². The topological polar surface area (TPSA) is 72.9 Å². The maximum Gasteiger partial charge on any atom is 0.257 e. The minimum Gasteiger partial charge on any atom is -0.493 e. The summed E-state index contributed by atoms with van der Waals surface area (Å²) in [5.41, 5.74) is 1.04. The lowest BCUT2D eigenvalue weighted by Gasteiger charge is -2.21. The minimum atomic E-state index is -0.246. The molecular weight excluding hydrogens is 358 g/mol. The first kappa shape index (κ1) is 19.8. The van der Waals surface area contributed by atoms with Gasteiger partial charge in [-0.15, -0.1) is 0 Å². The minimum absolute atomic E-state index is 0.246. The van der Waals surface area contributed by atoms with Gasteiger partial charge in [0.15, 0.2) is 11.5 Å². The lowest BCUT2D eigenvalue weighted by molar-refractivity contribution is 0.102. The van der Waals surface area contributed by atoms with E-state index in [2.05, 4.69) is 15.2 Å². The number of methoxy groups -OCH3 is 3. The van der Waals surface area contributed by atoms with Crippen molar-refractivity contribution in [2.45, 2.75) is 25.7 Å². The van der Waals surface area contributed by atoms with Gasteiger partial charge in [-0.25, -0.2) is 4.98 Å². The van der Waals surface area contributed by atoms with Gasteiger partial charge in [0.2, 0.25) is 5.75 Å². The molecule has 7 heteroatoms. The Kier molecular flexibility index (Phi) is 6.57. The molecule has 1 amide bonds. The number of pyridine rings is 1. The number of anilines is 2. The molecule has 7 nitrogen and oxygen atoms in total. The highest BCUT2D eigenvalue weighted by atomic mass is 16.5. The number of ether oxygens (including phenoxy) is 3. The number of nitrogens with zero attached hydrogens (tertiary/aromatic N) is 2. The summed E-state index contributed by atoms with van der Waals surface area (Å²) >= 11 is 0. The molecule has 150 valence electrons. The fourth-order valence-corrected chi connectivity index (χ4v) is 3.36. The quantitative estimate of drug-likeness (QED) is 0.817. The van der Waals surface area contributed by atoms with Gasteiger partial charge in [-0.3, -0.25) is 4.79 Å². The van der Waals surface area contributed by atoms with E-state index in [1.54, 1.807) is 24.4 Å². The van der Waals surface area contributed by atoms with Crippen molar-refractivity contribution >= 4 is 17.4 Å². The summed E-state index contributed by atoms with van der Waals surface area (Å²) in [4.78, 5) is 19.4. The van der Waals surface area contributed by atoms with Gasteiger partial charge in [0, 0.05) is 37.1 Å². The normalized spacial score (nSPS) is 14.2. The van der Waals surface area contributed by atoms with Crippen LogP contribution >= 0.6 is 0 Å². The zero-order valence-corrected chi connectivity index (χ0v) is 16.7. The highest BCUT2D eigenvalue weighted by Crippen LogP contribution is 2.40. The fraction of sp³-hybridized carbons (Fsp3) is 0.429. The van der Waals surface area contributed by atoms with Crippen LogP contribution in [0.25, 0.3) is 0 Å².